The second-order valence-corrected chi connectivity index (χ2v) is 4.20. The first-order chi connectivity index (χ1) is 8.19. The van der Waals surface area contributed by atoms with Crippen LogP contribution in [0.2, 0.25) is 0 Å². The number of carbonyl (C=O) groups excluding carboxylic acids is 1. The highest BCUT2D eigenvalue weighted by molar-refractivity contribution is 5.94. The van der Waals surface area contributed by atoms with Crippen molar-refractivity contribution in [2.75, 3.05) is 0 Å². The molecule has 0 heterocycles. The Morgan fingerprint density at radius 2 is 2.06 bits per heavy atom. The summed E-state index contributed by atoms with van der Waals surface area (Å²) in [6, 6.07) is 3.19. The number of hydrogen-bond acceptors (Lipinski definition) is 2. The zero-order chi connectivity index (χ0) is 13.9. The van der Waals surface area contributed by atoms with Crippen molar-refractivity contribution in [3.8, 4) is 5.75 Å². The van der Waals surface area contributed by atoms with Crippen molar-refractivity contribution in [3.05, 3.63) is 29.3 Å². The van der Waals surface area contributed by atoms with E-state index in [1.807, 2.05) is 0 Å². The largest absolute Gasteiger partial charge is 0.508 e. The summed E-state index contributed by atoms with van der Waals surface area (Å²) in [5.74, 6) is -0.701. The van der Waals surface area contributed by atoms with Gasteiger partial charge in [0.2, 0.25) is 0 Å². The van der Waals surface area contributed by atoms with Gasteiger partial charge in [-0.15, -0.1) is 0 Å². The molecule has 1 atom stereocenters. The second kappa shape index (κ2) is 5.29. The Kier molecular flexibility index (Phi) is 4.21. The fourth-order valence-electron chi connectivity index (χ4n) is 1.46. The smallest absolute Gasteiger partial charge is 0.391 e. The van der Waals surface area contributed by atoms with Gasteiger partial charge in [0.05, 0.1) is 6.42 Å². The SMILES string of the molecule is Cc1ccc(C(=O)NC(C)CC(F)(F)F)cc1O. The van der Waals surface area contributed by atoms with E-state index in [4.69, 9.17) is 0 Å². The van der Waals surface area contributed by atoms with Crippen molar-refractivity contribution >= 4 is 5.91 Å². The Balaban J connectivity index is 2.68. The lowest BCUT2D eigenvalue weighted by Crippen LogP contribution is -2.35. The molecule has 0 spiro atoms. The number of phenols is 1. The zero-order valence-electron chi connectivity index (χ0n) is 10.0. The molecule has 6 heteroatoms. The third-order valence-corrected chi connectivity index (χ3v) is 2.39. The number of benzene rings is 1. The molecule has 0 aliphatic rings. The highest BCUT2D eigenvalue weighted by atomic mass is 19.4. The number of amides is 1. The topological polar surface area (TPSA) is 49.3 Å². The van der Waals surface area contributed by atoms with Gasteiger partial charge in [0, 0.05) is 11.6 Å². The lowest BCUT2D eigenvalue weighted by Gasteiger charge is -2.16. The normalized spacial score (nSPS) is 13.2. The van der Waals surface area contributed by atoms with E-state index in [2.05, 4.69) is 5.32 Å². The van der Waals surface area contributed by atoms with Crippen LogP contribution >= 0.6 is 0 Å². The Hall–Kier alpha value is -1.72. The molecule has 2 N–H and O–H groups in total. The molecule has 0 aliphatic heterocycles. The van der Waals surface area contributed by atoms with Gasteiger partial charge in [-0.05, 0) is 31.5 Å². The molecule has 1 unspecified atom stereocenters. The Morgan fingerprint density at radius 3 is 2.56 bits per heavy atom. The molecule has 0 radical (unpaired) electrons. The number of carbonyl (C=O) groups is 1. The van der Waals surface area contributed by atoms with Crippen molar-refractivity contribution in [3.63, 3.8) is 0 Å². The molecule has 0 aromatic heterocycles. The number of phenolic OH excluding ortho intramolecular Hbond substituents is 1. The summed E-state index contributed by atoms with van der Waals surface area (Å²) >= 11 is 0. The lowest BCUT2D eigenvalue weighted by molar-refractivity contribution is -0.138. The van der Waals surface area contributed by atoms with Crippen LogP contribution in [0.4, 0.5) is 13.2 Å². The fraction of sp³-hybridized carbons (Fsp3) is 0.417. The molecule has 1 rings (SSSR count). The van der Waals surface area contributed by atoms with Gasteiger partial charge < -0.3 is 10.4 Å². The molecule has 0 saturated heterocycles. The van der Waals surface area contributed by atoms with E-state index in [9.17, 15) is 23.1 Å². The molecule has 100 valence electrons. The fourth-order valence-corrected chi connectivity index (χ4v) is 1.46. The summed E-state index contributed by atoms with van der Waals surface area (Å²) in [6.45, 7) is 2.93. The van der Waals surface area contributed by atoms with Crippen molar-refractivity contribution in [1.29, 1.82) is 0 Å². The third-order valence-electron chi connectivity index (χ3n) is 2.39. The molecule has 0 saturated carbocycles. The van der Waals surface area contributed by atoms with E-state index in [0.29, 0.717) is 5.56 Å². The summed E-state index contributed by atoms with van der Waals surface area (Å²) in [5, 5.41) is 11.6. The summed E-state index contributed by atoms with van der Waals surface area (Å²) in [6.07, 6.45) is -5.40. The molecule has 0 bridgehead atoms. The van der Waals surface area contributed by atoms with Crippen molar-refractivity contribution in [2.24, 2.45) is 0 Å². The Bertz CT molecular complexity index is 443. The van der Waals surface area contributed by atoms with Crippen LogP contribution < -0.4 is 5.32 Å². The van der Waals surface area contributed by atoms with Crippen LogP contribution in [0.1, 0.15) is 29.3 Å². The van der Waals surface area contributed by atoms with Crippen LogP contribution in [-0.2, 0) is 0 Å². The first kappa shape index (κ1) is 14.3. The van der Waals surface area contributed by atoms with Gasteiger partial charge in [0.25, 0.3) is 5.91 Å². The number of aromatic hydroxyl groups is 1. The van der Waals surface area contributed by atoms with Gasteiger partial charge in [-0.25, -0.2) is 0 Å². The van der Waals surface area contributed by atoms with Crippen LogP contribution in [0.25, 0.3) is 0 Å². The number of hydrogen-bond donors (Lipinski definition) is 2. The predicted octanol–water partition coefficient (Wildman–Crippen LogP) is 2.77. The van der Waals surface area contributed by atoms with E-state index in [0.717, 1.165) is 0 Å². The van der Waals surface area contributed by atoms with Gasteiger partial charge in [-0.1, -0.05) is 6.07 Å². The van der Waals surface area contributed by atoms with Gasteiger partial charge in [0.1, 0.15) is 5.75 Å². The number of halogens is 3. The molecule has 1 aromatic rings. The van der Waals surface area contributed by atoms with E-state index in [-0.39, 0.29) is 11.3 Å². The van der Waals surface area contributed by atoms with E-state index in [1.165, 1.54) is 25.1 Å². The number of aryl methyl sites for hydroxylation is 1. The predicted molar refractivity (Wildman–Crippen MR) is 60.4 cm³/mol. The molecule has 0 aliphatic carbocycles. The van der Waals surface area contributed by atoms with Gasteiger partial charge in [0.15, 0.2) is 0 Å². The standard InChI is InChI=1S/C12H14F3NO2/c1-7-3-4-9(5-10(7)17)11(18)16-8(2)6-12(13,14)15/h3-5,8,17H,6H2,1-2H3,(H,16,18). The first-order valence-corrected chi connectivity index (χ1v) is 5.36. The monoisotopic (exact) mass is 261 g/mol. The highest BCUT2D eigenvalue weighted by Crippen LogP contribution is 2.22. The Labute approximate surface area is 103 Å². The number of nitrogens with one attached hydrogen (secondary N) is 1. The van der Waals surface area contributed by atoms with Gasteiger partial charge in [-0.3, -0.25) is 4.79 Å². The highest BCUT2D eigenvalue weighted by Gasteiger charge is 2.30. The van der Waals surface area contributed by atoms with E-state index in [1.54, 1.807) is 6.92 Å². The Morgan fingerprint density at radius 1 is 1.44 bits per heavy atom. The summed E-state index contributed by atoms with van der Waals surface area (Å²) < 4.78 is 36.3. The minimum absolute atomic E-state index is 0.0638. The van der Waals surface area contributed by atoms with Crippen molar-refractivity contribution < 1.29 is 23.1 Å². The van der Waals surface area contributed by atoms with Crippen LogP contribution in [0.15, 0.2) is 18.2 Å². The molecule has 18 heavy (non-hydrogen) atoms. The van der Waals surface area contributed by atoms with Gasteiger partial charge >= 0.3 is 6.18 Å². The zero-order valence-corrected chi connectivity index (χ0v) is 10.0. The average molecular weight is 261 g/mol. The molecular formula is C12H14F3NO2. The maximum atomic E-state index is 12.1. The number of alkyl halides is 3. The second-order valence-electron chi connectivity index (χ2n) is 4.20. The minimum Gasteiger partial charge on any atom is -0.508 e. The molecule has 0 fully saturated rings. The maximum Gasteiger partial charge on any atom is 0.391 e. The minimum atomic E-state index is -4.32. The summed E-state index contributed by atoms with van der Waals surface area (Å²) in [5.41, 5.74) is 0.724. The van der Waals surface area contributed by atoms with E-state index < -0.39 is 24.5 Å². The summed E-state index contributed by atoms with van der Waals surface area (Å²) in [4.78, 5) is 11.6. The molecule has 1 aromatic carbocycles. The van der Waals surface area contributed by atoms with Crippen LogP contribution in [0.5, 0.6) is 5.75 Å². The summed E-state index contributed by atoms with van der Waals surface area (Å²) in [7, 11) is 0. The van der Waals surface area contributed by atoms with Crippen LogP contribution in [0, 0.1) is 6.92 Å². The van der Waals surface area contributed by atoms with E-state index >= 15 is 0 Å². The molecule has 1 amide bonds. The molecular weight excluding hydrogens is 247 g/mol. The average Bonchev–Trinajstić information content (AvgIpc) is 2.18. The molecule has 3 nitrogen and oxygen atoms in total. The first-order valence-electron chi connectivity index (χ1n) is 5.36. The third kappa shape index (κ3) is 4.27. The quantitative estimate of drug-likeness (QED) is 0.879. The van der Waals surface area contributed by atoms with Crippen LogP contribution in [0.3, 0.4) is 0 Å². The number of rotatable bonds is 3. The van der Waals surface area contributed by atoms with Gasteiger partial charge in [-0.2, -0.15) is 13.2 Å². The maximum absolute atomic E-state index is 12.1. The lowest BCUT2D eigenvalue weighted by atomic mass is 10.1. The van der Waals surface area contributed by atoms with Crippen molar-refractivity contribution in [2.45, 2.75) is 32.5 Å². The van der Waals surface area contributed by atoms with Crippen LogP contribution in [-0.4, -0.2) is 23.2 Å². The van der Waals surface area contributed by atoms with Crippen molar-refractivity contribution in [1.82, 2.24) is 5.32 Å².